The molecule has 5 nitrogen and oxygen atoms in total. The second-order valence-corrected chi connectivity index (χ2v) is 7.41. The number of aliphatic hydroxyl groups is 1. The smallest absolute Gasteiger partial charge is 0.406 e. The Morgan fingerprint density at radius 2 is 1.90 bits per heavy atom. The molecule has 0 aliphatic carbocycles. The Balaban J connectivity index is 1.67. The molecule has 1 aromatic carbocycles. The van der Waals surface area contributed by atoms with Crippen LogP contribution in [0.3, 0.4) is 0 Å². The fraction of sp³-hybridized carbons (Fsp3) is 0.318. The van der Waals surface area contributed by atoms with Gasteiger partial charge in [-0.15, -0.1) is 13.2 Å². The zero-order valence-corrected chi connectivity index (χ0v) is 16.4. The molecule has 0 spiro atoms. The lowest BCUT2D eigenvalue weighted by molar-refractivity contribution is -0.274. The number of likely N-dealkylation sites (tertiary alicyclic amines) is 1. The highest BCUT2D eigenvalue weighted by molar-refractivity contribution is 5.77. The number of β-amino-alcohol motifs (C(OH)–C–C–N with tert-alkyl or cyclic N) is 1. The highest BCUT2D eigenvalue weighted by atomic mass is 19.4. The number of aryl methyl sites for hydroxylation is 1. The van der Waals surface area contributed by atoms with Crippen molar-refractivity contribution in [2.75, 3.05) is 18.0 Å². The third-order valence-electron chi connectivity index (χ3n) is 5.22. The second-order valence-electron chi connectivity index (χ2n) is 7.41. The van der Waals surface area contributed by atoms with Crippen LogP contribution in [-0.2, 0) is 0 Å². The molecule has 0 bridgehead atoms. The summed E-state index contributed by atoms with van der Waals surface area (Å²) >= 11 is 0. The number of pyridine rings is 1. The average Bonchev–Trinajstić information content (AvgIpc) is 3.13. The number of halogens is 3. The van der Waals surface area contributed by atoms with Gasteiger partial charge in [-0.3, -0.25) is 9.88 Å². The van der Waals surface area contributed by atoms with Gasteiger partial charge in [0.25, 0.3) is 0 Å². The van der Waals surface area contributed by atoms with E-state index in [1.165, 1.54) is 12.1 Å². The first-order chi connectivity index (χ1) is 14.3. The molecule has 0 saturated carbocycles. The van der Waals surface area contributed by atoms with Crippen molar-refractivity contribution in [2.24, 2.45) is 0 Å². The molecule has 30 heavy (non-hydrogen) atoms. The minimum atomic E-state index is -4.73. The summed E-state index contributed by atoms with van der Waals surface area (Å²) in [7, 11) is 0. The number of nitrogens with zero attached hydrogens (tertiary/aromatic N) is 3. The molecule has 2 aromatic rings. The first-order valence-corrected chi connectivity index (χ1v) is 9.68. The molecule has 8 heteroatoms. The van der Waals surface area contributed by atoms with Gasteiger partial charge < -0.3 is 14.7 Å². The van der Waals surface area contributed by atoms with E-state index in [2.05, 4.69) is 14.6 Å². The number of benzene rings is 1. The minimum absolute atomic E-state index is 0.217. The number of hydrogen-bond donors (Lipinski definition) is 1. The summed E-state index contributed by atoms with van der Waals surface area (Å²) in [5.74, 6) is -0.265. The van der Waals surface area contributed by atoms with E-state index in [1.807, 2.05) is 48.5 Å². The van der Waals surface area contributed by atoms with Crippen LogP contribution in [0.25, 0.3) is 5.57 Å². The van der Waals surface area contributed by atoms with Crippen molar-refractivity contribution in [3.63, 3.8) is 0 Å². The van der Waals surface area contributed by atoms with Crippen LogP contribution in [0.1, 0.15) is 17.7 Å². The van der Waals surface area contributed by atoms with Crippen LogP contribution in [0.4, 0.5) is 18.9 Å². The monoisotopic (exact) mass is 417 g/mol. The average molecular weight is 417 g/mol. The van der Waals surface area contributed by atoms with Crippen molar-refractivity contribution in [1.29, 1.82) is 0 Å². The molecular formula is C22H22F3N3O2. The topological polar surface area (TPSA) is 48.8 Å². The van der Waals surface area contributed by atoms with Crippen LogP contribution >= 0.6 is 0 Å². The van der Waals surface area contributed by atoms with Crippen LogP contribution in [0.15, 0.2) is 60.9 Å². The van der Waals surface area contributed by atoms with Crippen molar-refractivity contribution in [3.05, 3.63) is 72.2 Å². The summed E-state index contributed by atoms with van der Waals surface area (Å²) in [4.78, 5) is 8.56. The van der Waals surface area contributed by atoms with Crippen molar-refractivity contribution in [2.45, 2.75) is 32.0 Å². The predicted molar refractivity (Wildman–Crippen MR) is 108 cm³/mol. The Labute approximate surface area is 172 Å². The quantitative estimate of drug-likeness (QED) is 0.812. The minimum Gasteiger partial charge on any atom is -0.406 e. The summed E-state index contributed by atoms with van der Waals surface area (Å²) in [6.07, 6.45) is 2.94. The third kappa shape index (κ3) is 4.49. The standard InChI is InChI=1S/C22H22F3N3O2/c1-15-4-5-16(13-26-15)20-3-2-11-28(21(20)27-12-10-18(29)14-27)17-6-8-19(9-7-17)30-22(23,24)25/h2-9,11,13,18,21,29H,10,12,14H2,1H3. The number of allylic oxidation sites excluding steroid dienone is 2. The van der Waals surface area contributed by atoms with Crippen LogP contribution in [0, 0.1) is 6.92 Å². The van der Waals surface area contributed by atoms with Crippen LogP contribution < -0.4 is 9.64 Å². The molecule has 1 N–H and O–H groups in total. The lowest BCUT2D eigenvalue weighted by Gasteiger charge is -2.40. The second kappa shape index (κ2) is 8.12. The Morgan fingerprint density at radius 3 is 2.50 bits per heavy atom. The summed E-state index contributed by atoms with van der Waals surface area (Å²) in [6.45, 7) is 3.15. The number of alkyl halides is 3. The van der Waals surface area contributed by atoms with Gasteiger partial charge in [-0.2, -0.15) is 0 Å². The zero-order chi connectivity index (χ0) is 21.3. The number of ether oxygens (including phenoxy) is 1. The number of anilines is 1. The molecule has 1 saturated heterocycles. The third-order valence-corrected chi connectivity index (χ3v) is 5.22. The van der Waals surface area contributed by atoms with Gasteiger partial charge in [-0.25, -0.2) is 0 Å². The summed E-state index contributed by atoms with van der Waals surface area (Å²) in [6, 6.07) is 9.75. The molecule has 2 aliphatic heterocycles. The van der Waals surface area contributed by atoms with E-state index in [1.54, 1.807) is 12.1 Å². The molecule has 2 unspecified atom stereocenters. The number of aromatic nitrogens is 1. The maximum Gasteiger partial charge on any atom is 0.573 e. The van der Waals surface area contributed by atoms with E-state index in [0.717, 1.165) is 22.5 Å². The SMILES string of the molecule is Cc1ccc(C2=CC=CN(c3ccc(OC(F)(F)F)cc3)C2N2CCC(O)C2)cn1. The number of rotatable bonds is 4. The molecule has 2 atom stereocenters. The molecule has 0 radical (unpaired) electrons. The number of aliphatic hydroxyl groups excluding tert-OH is 1. The summed E-state index contributed by atoms with van der Waals surface area (Å²) in [5.41, 5.74) is 3.60. The highest BCUT2D eigenvalue weighted by Gasteiger charge is 2.35. The maximum atomic E-state index is 12.5. The van der Waals surface area contributed by atoms with E-state index in [0.29, 0.717) is 19.5 Å². The molecule has 4 rings (SSSR count). The maximum absolute atomic E-state index is 12.5. The van der Waals surface area contributed by atoms with Crippen LogP contribution in [-0.4, -0.2) is 46.7 Å². The van der Waals surface area contributed by atoms with Gasteiger partial charge in [-0.1, -0.05) is 12.1 Å². The molecule has 3 heterocycles. The van der Waals surface area contributed by atoms with Crippen LogP contribution in [0.2, 0.25) is 0 Å². The van der Waals surface area contributed by atoms with Gasteiger partial charge >= 0.3 is 6.36 Å². The van der Waals surface area contributed by atoms with E-state index in [9.17, 15) is 18.3 Å². The fourth-order valence-electron chi connectivity index (χ4n) is 3.85. The van der Waals surface area contributed by atoms with E-state index in [-0.39, 0.29) is 11.9 Å². The van der Waals surface area contributed by atoms with Gasteiger partial charge in [0.05, 0.1) is 6.10 Å². The zero-order valence-electron chi connectivity index (χ0n) is 16.4. The molecular weight excluding hydrogens is 395 g/mol. The molecule has 158 valence electrons. The molecule has 2 aliphatic rings. The molecule has 1 aromatic heterocycles. The Morgan fingerprint density at radius 1 is 1.13 bits per heavy atom. The van der Waals surface area contributed by atoms with Crippen molar-refractivity contribution in [1.82, 2.24) is 9.88 Å². The van der Waals surface area contributed by atoms with E-state index < -0.39 is 12.5 Å². The molecule has 0 amide bonds. The largest absolute Gasteiger partial charge is 0.573 e. The predicted octanol–water partition coefficient (Wildman–Crippen LogP) is 4.10. The van der Waals surface area contributed by atoms with Gasteiger partial charge in [0.1, 0.15) is 11.9 Å². The van der Waals surface area contributed by atoms with Crippen molar-refractivity contribution < 1.29 is 23.0 Å². The molecule has 1 fully saturated rings. The first kappa shape index (κ1) is 20.4. The Bertz CT molecular complexity index is 940. The Kier molecular flexibility index (Phi) is 5.53. The van der Waals surface area contributed by atoms with Gasteiger partial charge in [0.2, 0.25) is 0 Å². The van der Waals surface area contributed by atoms with Gasteiger partial charge in [0, 0.05) is 36.9 Å². The summed E-state index contributed by atoms with van der Waals surface area (Å²) < 4.78 is 41.4. The van der Waals surface area contributed by atoms with Gasteiger partial charge in [-0.05, 0) is 60.9 Å². The van der Waals surface area contributed by atoms with Crippen LogP contribution in [0.5, 0.6) is 5.75 Å². The summed E-state index contributed by atoms with van der Waals surface area (Å²) in [5, 5.41) is 10.1. The Hall–Kier alpha value is -2.84. The number of hydrogen-bond acceptors (Lipinski definition) is 5. The van der Waals surface area contributed by atoms with E-state index >= 15 is 0 Å². The highest BCUT2D eigenvalue weighted by Crippen LogP contribution is 2.35. The normalized spacial score (nSPS) is 22.3. The van der Waals surface area contributed by atoms with Gasteiger partial charge in [0.15, 0.2) is 0 Å². The lowest BCUT2D eigenvalue weighted by Crippen LogP contribution is -2.47. The first-order valence-electron chi connectivity index (χ1n) is 9.68. The van der Waals surface area contributed by atoms with Crippen molar-refractivity contribution in [3.8, 4) is 5.75 Å². The fourth-order valence-corrected chi connectivity index (χ4v) is 3.85. The van der Waals surface area contributed by atoms with E-state index in [4.69, 9.17) is 0 Å². The lowest BCUT2D eigenvalue weighted by atomic mass is 9.99. The van der Waals surface area contributed by atoms with Crippen molar-refractivity contribution >= 4 is 11.3 Å².